The molecule has 186 valence electrons. The van der Waals surface area contributed by atoms with E-state index in [0.717, 1.165) is 33.1 Å². The summed E-state index contributed by atoms with van der Waals surface area (Å²) < 4.78 is 7.24. The van der Waals surface area contributed by atoms with Crippen LogP contribution in [-0.4, -0.2) is 66.6 Å². The number of nitrogen functional groups attached to an aromatic ring is 1. The molecule has 1 aliphatic rings. The molecule has 4 heterocycles. The highest BCUT2D eigenvalue weighted by atomic mass is 16.6. The number of pyridine rings is 1. The van der Waals surface area contributed by atoms with Crippen molar-refractivity contribution in [3.63, 3.8) is 0 Å². The first-order chi connectivity index (χ1) is 17.2. The van der Waals surface area contributed by atoms with Crippen LogP contribution in [0.4, 0.5) is 10.6 Å². The Bertz CT molecular complexity index is 1460. The smallest absolute Gasteiger partial charge is 0.419 e. The highest BCUT2D eigenvalue weighted by Gasteiger charge is 2.27. The fourth-order valence-corrected chi connectivity index (χ4v) is 4.48. The second-order valence-corrected chi connectivity index (χ2v) is 10.0. The minimum atomic E-state index is -0.625. The van der Waals surface area contributed by atoms with E-state index in [0.29, 0.717) is 32.0 Å². The van der Waals surface area contributed by atoms with E-state index in [2.05, 4.69) is 19.9 Å². The fraction of sp³-hybridized carbons (Fsp3) is 0.346. The number of amides is 1. The summed E-state index contributed by atoms with van der Waals surface area (Å²) in [5.41, 5.74) is 8.54. The predicted molar refractivity (Wildman–Crippen MR) is 136 cm³/mol. The Morgan fingerprint density at radius 1 is 1.11 bits per heavy atom. The summed E-state index contributed by atoms with van der Waals surface area (Å²) in [6, 6.07) is 9.53. The maximum absolute atomic E-state index is 13.0. The van der Waals surface area contributed by atoms with Crippen molar-refractivity contribution in [3.05, 3.63) is 60.3 Å². The number of rotatable bonds is 4. The molecule has 0 bridgehead atoms. The average molecular weight is 488 g/mol. The largest absolute Gasteiger partial charge is 0.443 e. The number of nitrogens with two attached hydrogens (primary N) is 1. The molecule has 1 amide bonds. The number of fused-ring (bicyclic) bond motifs is 2. The molecule has 1 aliphatic heterocycles. The second kappa shape index (κ2) is 9.19. The van der Waals surface area contributed by atoms with Gasteiger partial charge in [-0.3, -0.25) is 14.7 Å². The SMILES string of the molecule is CC(C)(C)OC(=O)n1c(CN2CCN(Cc3ccc4c(N)ncnc4c3)C(=O)C2)cc2cnccc21. The van der Waals surface area contributed by atoms with Crippen LogP contribution in [0, 0.1) is 0 Å². The van der Waals surface area contributed by atoms with Gasteiger partial charge in [-0.05, 0) is 50.6 Å². The quantitative estimate of drug-likeness (QED) is 0.466. The molecule has 1 saturated heterocycles. The van der Waals surface area contributed by atoms with Crippen molar-refractivity contribution < 1.29 is 14.3 Å². The van der Waals surface area contributed by atoms with Crippen molar-refractivity contribution in [1.82, 2.24) is 29.3 Å². The third kappa shape index (κ3) is 4.85. The molecule has 1 aromatic carbocycles. The minimum absolute atomic E-state index is 0.0325. The van der Waals surface area contributed by atoms with Crippen molar-refractivity contribution >= 4 is 39.6 Å². The van der Waals surface area contributed by atoms with Gasteiger partial charge in [0, 0.05) is 55.0 Å². The molecular weight excluding hydrogens is 458 g/mol. The number of anilines is 1. The van der Waals surface area contributed by atoms with Crippen LogP contribution in [0.2, 0.25) is 0 Å². The summed E-state index contributed by atoms with van der Waals surface area (Å²) in [5, 5.41) is 1.65. The van der Waals surface area contributed by atoms with E-state index in [1.54, 1.807) is 23.0 Å². The van der Waals surface area contributed by atoms with Crippen molar-refractivity contribution in [2.45, 2.75) is 39.5 Å². The summed E-state index contributed by atoms with van der Waals surface area (Å²) in [6.07, 6.45) is 4.38. The molecule has 0 radical (unpaired) electrons. The van der Waals surface area contributed by atoms with Gasteiger partial charge in [-0.25, -0.2) is 19.3 Å². The van der Waals surface area contributed by atoms with Gasteiger partial charge in [-0.2, -0.15) is 0 Å². The average Bonchev–Trinajstić information content (AvgIpc) is 3.18. The first kappa shape index (κ1) is 23.7. The lowest BCUT2D eigenvalue weighted by Gasteiger charge is -2.34. The summed E-state index contributed by atoms with van der Waals surface area (Å²) in [6.45, 7) is 7.99. The normalized spacial score (nSPS) is 15.1. The van der Waals surface area contributed by atoms with Crippen LogP contribution in [-0.2, 0) is 22.6 Å². The monoisotopic (exact) mass is 487 g/mol. The van der Waals surface area contributed by atoms with Crippen LogP contribution >= 0.6 is 0 Å². The molecule has 5 rings (SSSR count). The van der Waals surface area contributed by atoms with Crippen LogP contribution in [0.3, 0.4) is 0 Å². The highest BCUT2D eigenvalue weighted by Crippen LogP contribution is 2.24. The van der Waals surface area contributed by atoms with Gasteiger partial charge in [-0.15, -0.1) is 0 Å². The zero-order chi connectivity index (χ0) is 25.4. The van der Waals surface area contributed by atoms with Gasteiger partial charge in [0.05, 0.1) is 17.6 Å². The molecule has 10 nitrogen and oxygen atoms in total. The predicted octanol–water partition coefficient (Wildman–Crippen LogP) is 3.19. The van der Waals surface area contributed by atoms with Crippen molar-refractivity contribution in [2.75, 3.05) is 25.4 Å². The molecule has 0 spiro atoms. The van der Waals surface area contributed by atoms with Gasteiger partial charge in [0.2, 0.25) is 5.91 Å². The molecule has 2 N–H and O–H groups in total. The summed E-state index contributed by atoms with van der Waals surface area (Å²) in [7, 11) is 0. The van der Waals surface area contributed by atoms with Gasteiger partial charge in [0.15, 0.2) is 0 Å². The Hall–Kier alpha value is -4.05. The topological polar surface area (TPSA) is 119 Å². The number of hydrogen-bond acceptors (Lipinski definition) is 8. The summed E-state index contributed by atoms with van der Waals surface area (Å²) >= 11 is 0. The number of benzene rings is 1. The molecule has 0 atom stereocenters. The Balaban J connectivity index is 1.30. The van der Waals surface area contributed by atoms with E-state index in [1.807, 2.05) is 49.9 Å². The van der Waals surface area contributed by atoms with Crippen LogP contribution in [0.1, 0.15) is 32.0 Å². The Labute approximate surface area is 208 Å². The third-order valence-corrected chi connectivity index (χ3v) is 6.14. The number of ether oxygens (including phenoxy) is 1. The minimum Gasteiger partial charge on any atom is -0.443 e. The third-order valence-electron chi connectivity index (χ3n) is 6.14. The molecule has 0 aliphatic carbocycles. The summed E-state index contributed by atoms with van der Waals surface area (Å²) in [4.78, 5) is 42.4. The number of carbonyl (C=O) groups excluding carboxylic acids is 2. The molecule has 4 aromatic rings. The number of carbonyl (C=O) groups is 2. The van der Waals surface area contributed by atoms with E-state index in [9.17, 15) is 9.59 Å². The first-order valence-electron chi connectivity index (χ1n) is 11.8. The lowest BCUT2D eigenvalue weighted by atomic mass is 10.1. The molecule has 10 heteroatoms. The number of nitrogens with zero attached hydrogens (tertiary/aromatic N) is 6. The summed E-state index contributed by atoms with van der Waals surface area (Å²) in [5.74, 6) is 0.473. The van der Waals surface area contributed by atoms with Crippen molar-refractivity contribution in [3.8, 4) is 0 Å². The molecular formula is C26H29N7O3. The van der Waals surface area contributed by atoms with E-state index in [-0.39, 0.29) is 12.5 Å². The zero-order valence-electron chi connectivity index (χ0n) is 20.6. The molecule has 1 fully saturated rings. The van der Waals surface area contributed by atoms with E-state index in [1.165, 1.54) is 6.33 Å². The van der Waals surface area contributed by atoms with Crippen molar-refractivity contribution in [1.29, 1.82) is 0 Å². The van der Waals surface area contributed by atoms with Gasteiger partial charge >= 0.3 is 6.09 Å². The van der Waals surface area contributed by atoms with Crippen LogP contribution in [0.25, 0.3) is 21.8 Å². The van der Waals surface area contributed by atoms with Gasteiger partial charge in [0.25, 0.3) is 0 Å². The maximum atomic E-state index is 13.0. The van der Waals surface area contributed by atoms with Gasteiger partial charge in [0.1, 0.15) is 17.7 Å². The zero-order valence-corrected chi connectivity index (χ0v) is 20.6. The number of aromatic nitrogens is 4. The van der Waals surface area contributed by atoms with Gasteiger partial charge < -0.3 is 15.4 Å². The maximum Gasteiger partial charge on any atom is 0.419 e. The van der Waals surface area contributed by atoms with E-state index in [4.69, 9.17) is 10.5 Å². The van der Waals surface area contributed by atoms with E-state index >= 15 is 0 Å². The second-order valence-electron chi connectivity index (χ2n) is 10.0. The van der Waals surface area contributed by atoms with Gasteiger partial charge in [-0.1, -0.05) is 6.07 Å². The standard InChI is InChI=1S/C26H29N7O3/c1-26(2,3)36-25(35)33-19(11-18-12-28-7-6-22(18)33)14-31-8-9-32(23(34)15-31)13-17-4-5-20-21(10-17)29-16-30-24(20)27/h4-7,10-12,16H,8-9,13-15H2,1-3H3,(H2,27,29,30). The Morgan fingerprint density at radius 3 is 2.72 bits per heavy atom. The number of piperazine rings is 1. The van der Waals surface area contributed by atoms with Crippen LogP contribution < -0.4 is 5.73 Å². The van der Waals surface area contributed by atoms with Crippen LogP contribution in [0.5, 0.6) is 0 Å². The molecule has 0 unspecified atom stereocenters. The lowest BCUT2D eigenvalue weighted by Crippen LogP contribution is -2.49. The first-order valence-corrected chi connectivity index (χ1v) is 11.8. The fourth-order valence-electron chi connectivity index (χ4n) is 4.48. The van der Waals surface area contributed by atoms with Crippen molar-refractivity contribution in [2.24, 2.45) is 0 Å². The van der Waals surface area contributed by atoms with E-state index < -0.39 is 11.7 Å². The molecule has 0 saturated carbocycles. The number of hydrogen-bond donors (Lipinski definition) is 1. The van der Waals surface area contributed by atoms with Crippen LogP contribution in [0.15, 0.2) is 49.1 Å². The Morgan fingerprint density at radius 2 is 1.94 bits per heavy atom. The Kier molecular flexibility index (Phi) is 6.05. The lowest BCUT2D eigenvalue weighted by molar-refractivity contribution is -0.136. The highest BCUT2D eigenvalue weighted by molar-refractivity contribution is 5.90. The molecule has 3 aromatic heterocycles. The molecule has 36 heavy (non-hydrogen) atoms.